The van der Waals surface area contributed by atoms with Crippen molar-refractivity contribution >= 4 is 11.7 Å². The van der Waals surface area contributed by atoms with E-state index >= 15 is 0 Å². The number of carbonyl (C=O) groups is 1. The molecule has 4 nitrogen and oxygen atoms in total. The Morgan fingerprint density at radius 3 is 2.59 bits per heavy atom. The van der Waals surface area contributed by atoms with Gasteiger partial charge in [-0.1, -0.05) is 39.8 Å². The van der Waals surface area contributed by atoms with Crippen LogP contribution in [0.3, 0.4) is 0 Å². The first-order valence-electron chi connectivity index (χ1n) is 8.26. The fourth-order valence-electron chi connectivity index (χ4n) is 2.68. The van der Waals surface area contributed by atoms with E-state index in [1.807, 2.05) is 11.0 Å². The first-order valence-corrected chi connectivity index (χ1v) is 8.26. The molecular formula is C18H28N2O2. The predicted octanol–water partition coefficient (Wildman–Crippen LogP) is 4.19. The lowest BCUT2D eigenvalue weighted by molar-refractivity contribution is 0.144. The molecule has 1 fully saturated rings. The summed E-state index contributed by atoms with van der Waals surface area (Å²) in [6, 6.07) is 6.34. The van der Waals surface area contributed by atoms with Gasteiger partial charge in [0.15, 0.2) is 0 Å². The normalized spacial score (nSPS) is 16.0. The Morgan fingerprint density at radius 2 is 1.91 bits per heavy atom. The van der Waals surface area contributed by atoms with Crippen LogP contribution in [0.5, 0.6) is 0 Å². The molecule has 4 heteroatoms. The van der Waals surface area contributed by atoms with Crippen LogP contribution in [0.4, 0.5) is 10.5 Å². The van der Waals surface area contributed by atoms with Crippen molar-refractivity contribution in [3.8, 4) is 0 Å². The molecule has 0 radical (unpaired) electrons. The van der Waals surface area contributed by atoms with E-state index in [1.54, 1.807) is 0 Å². The molecule has 0 atom stereocenters. The van der Waals surface area contributed by atoms with Crippen LogP contribution in [-0.4, -0.2) is 37.2 Å². The molecule has 0 aliphatic carbocycles. The number of hydrogen-bond donors (Lipinski definition) is 1. The van der Waals surface area contributed by atoms with Crippen LogP contribution >= 0.6 is 0 Å². The Morgan fingerprint density at radius 1 is 1.14 bits per heavy atom. The van der Waals surface area contributed by atoms with Gasteiger partial charge in [0.25, 0.3) is 0 Å². The van der Waals surface area contributed by atoms with Crippen LogP contribution in [-0.2, 0) is 4.74 Å². The summed E-state index contributed by atoms with van der Waals surface area (Å²) in [5, 5.41) is 3.09. The summed E-state index contributed by atoms with van der Waals surface area (Å²) in [5.41, 5.74) is 3.44. The molecule has 1 N–H and O–H groups in total. The topological polar surface area (TPSA) is 41.6 Å². The van der Waals surface area contributed by atoms with Gasteiger partial charge in [0.05, 0.1) is 6.61 Å². The Bertz CT molecular complexity index is 504. The van der Waals surface area contributed by atoms with E-state index in [4.69, 9.17) is 4.74 Å². The van der Waals surface area contributed by atoms with Gasteiger partial charge in [0.2, 0.25) is 0 Å². The maximum absolute atomic E-state index is 12.5. The van der Waals surface area contributed by atoms with E-state index in [-0.39, 0.29) is 6.03 Å². The molecule has 0 unspecified atom stereocenters. The smallest absolute Gasteiger partial charge is 0.321 e. The highest BCUT2D eigenvalue weighted by Gasteiger charge is 2.18. The maximum Gasteiger partial charge on any atom is 0.321 e. The molecule has 2 amide bonds. The first-order chi connectivity index (χ1) is 10.5. The molecule has 1 aliphatic rings. The summed E-state index contributed by atoms with van der Waals surface area (Å²) < 4.78 is 5.41. The Kier molecular flexibility index (Phi) is 5.83. The largest absolute Gasteiger partial charge is 0.380 e. The summed E-state index contributed by atoms with van der Waals surface area (Å²) >= 11 is 0. The van der Waals surface area contributed by atoms with Crippen LogP contribution in [0.2, 0.25) is 0 Å². The van der Waals surface area contributed by atoms with Crippen molar-refractivity contribution in [3.05, 3.63) is 29.3 Å². The minimum Gasteiger partial charge on any atom is -0.380 e. The second-order valence-electron chi connectivity index (χ2n) is 6.54. The van der Waals surface area contributed by atoms with Crippen LogP contribution < -0.4 is 5.32 Å². The molecule has 122 valence electrons. The van der Waals surface area contributed by atoms with Crippen LogP contribution in [0.1, 0.15) is 57.1 Å². The van der Waals surface area contributed by atoms with Gasteiger partial charge >= 0.3 is 6.03 Å². The average Bonchev–Trinajstić information content (AvgIpc) is 2.76. The molecule has 0 aromatic heterocycles. The number of nitrogens with one attached hydrogen (secondary N) is 1. The number of anilines is 1. The third kappa shape index (κ3) is 4.23. The Labute approximate surface area is 133 Å². The molecule has 22 heavy (non-hydrogen) atoms. The van der Waals surface area contributed by atoms with Gasteiger partial charge < -0.3 is 15.0 Å². The summed E-state index contributed by atoms with van der Waals surface area (Å²) in [4.78, 5) is 14.3. The monoisotopic (exact) mass is 304 g/mol. The quantitative estimate of drug-likeness (QED) is 0.910. The first kappa shape index (κ1) is 16.8. The number of benzene rings is 1. The van der Waals surface area contributed by atoms with Gasteiger partial charge in [0, 0.05) is 25.4 Å². The molecule has 1 saturated heterocycles. The summed E-state index contributed by atoms with van der Waals surface area (Å²) in [6.07, 6.45) is 0.900. The van der Waals surface area contributed by atoms with E-state index in [2.05, 4.69) is 45.1 Å². The van der Waals surface area contributed by atoms with Gasteiger partial charge in [-0.05, 0) is 35.4 Å². The molecule has 1 heterocycles. The average molecular weight is 304 g/mol. The van der Waals surface area contributed by atoms with Gasteiger partial charge in [-0.15, -0.1) is 0 Å². The second-order valence-corrected chi connectivity index (χ2v) is 6.54. The summed E-state index contributed by atoms with van der Waals surface area (Å²) in [7, 11) is 0. The van der Waals surface area contributed by atoms with Crippen LogP contribution in [0.25, 0.3) is 0 Å². The Hall–Kier alpha value is -1.55. The number of amides is 2. The minimum absolute atomic E-state index is 0.0234. The van der Waals surface area contributed by atoms with E-state index in [9.17, 15) is 4.79 Å². The van der Waals surface area contributed by atoms with Gasteiger partial charge in [0.1, 0.15) is 0 Å². The zero-order valence-corrected chi connectivity index (χ0v) is 14.2. The van der Waals surface area contributed by atoms with Crippen molar-refractivity contribution in [2.45, 2.75) is 46.0 Å². The lowest BCUT2D eigenvalue weighted by Crippen LogP contribution is -2.37. The third-order valence-corrected chi connectivity index (χ3v) is 4.12. The molecule has 0 spiro atoms. The van der Waals surface area contributed by atoms with E-state index in [0.717, 1.165) is 25.3 Å². The highest BCUT2D eigenvalue weighted by atomic mass is 16.5. The fraction of sp³-hybridized carbons (Fsp3) is 0.611. The lowest BCUT2D eigenvalue weighted by atomic mass is 9.94. The summed E-state index contributed by atoms with van der Waals surface area (Å²) in [6.45, 7) is 11.5. The van der Waals surface area contributed by atoms with Crippen LogP contribution in [0.15, 0.2) is 18.2 Å². The Balaban J connectivity index is 2.15. The van der Waals surface area contributed by atoms with Crippen molar-refractivity contribution in [1.82, 2.24) is 4.90 Å². The van der Waals surface area contributed by atoms with Crippen molar-refractivity contribution in [2.75, 3.05) is 31.6 Å². The lowest BCUT2D eigenvalue weighted by Gasteiger charge is -2.22. The number of ether oxygens (including phenoxy) is 1. The SMILES string of the molecule is CC(C)c1ccc(NC(=O)N2CCCOCC2)c(C(C)C)c1. The highest BCUT2D eigenvalue weighted by molar-refractivity contribution is 5.90. The standard InChI is InChI=1S/C18H28N2O2/c1-13(2)15-6-7-17(16(12-15)14(3)4)19-18(21)20-8-5-10-22-11-9-20/h6-7,12-14H,5,8-11H2,1-4H3,(H,19,21). The number of rotatable bonds is 3. The van der Waals surface area contributed by atoms with Crippen molar-refractivity contribution < 1.29 is 9.53 Å². The second kappa shape index (κ2) is 7.63. The van der Waals surface area contributed by atoms with Gasteiger partial charge in [-0.25, -0.2) is 4.79 Å². The molecular weight excluding hydrogens is 276 g/mol. The van der Waals surface area contributed by atoms with Crippen molar-refractivity contribution in [1.29, 1.82) is 0 Å². The highest BCUT2D eigenvalue weighted by Crippen LogP contribution is 2.28. The maximum atomic E-state index is 12.5. The molecule has 1 aromatic rings. The van der Waals surface area contributed by atoms with Crippen LogP contribution in [0, 0.1) is 0 Å². The number of urea groups is 1. The predicted molar refractivity (Wildman–Crippen MR) is 90.6 cm³/mol. The van der Waals surface area contributed by atoms with Crippen molar-refractivity contribution in [3.63, 3.8) is 0 Å². The molecule has 1 aromatic carbocycles. The van der Waals surface area contributed by atoms with Crippen molar-refractivity contribution in [2.24, 2.45) is 0 Å². The van der Waals surface area contributed by atoms with E-state index in [0.29, 0.717) is 25.0 Å². The zero-order chi connectivity index (χ0) is 16.1. The third-order valence-electron chi connectivity index (χ3n) is 4.12. The number of nitrogens with zero attached hydrogens (tertiary/aromatic N) is 1. The van der Waals surface area contributed by atoms with Gasteiger partial charge in [-0.3, -0.25) is 0 Å². The molecule has 0 bridgehead atoms. The van der Waals surface area contributed by atoms with Gasteiger partial charge in [-0.2, -0.15) is 0 Å². The zero-order valence-electron chi connectivity index (χ0n) is 14.2. The number of carbonyl (C=O) groups excluding carboxylic acids is 1. The summed E-state index contributed by atoms with van der Waals surface area (Å²) in [5.74, 6) is 0.867. The molecule has 2 rings (SSSR count). The van der Waals surface area contributed by atoms with E-state index < -0.39 is 0 Å². The minimum atomic E-state index is -0.0234. The molecule has 0 saturated carbocycles. The number of hydrogen-bond acceptors (Lipinski definition) is 2. The molecule has 1 aliphatic heterocycles. The fourth-order valence-corrected chi connectivity index (χ4v) is 2.68. The van der Waals surface area contributed by atoms with E-state index in [1.165, 1.54) is 11.1 Å².